The molecular weight excluding hydrogens is 198 g/mol. The highest BCUT2D eigenvalue weighted by Crippen LogP contribution is 2.37. The van der Waals surface area contributed by atoms with Crippen LogP contribution in [-0.2, 0) is 9.53 Å². The summed E-state index contributed by atoms with van der Waals surface area (Å²) in [5.74, 6) is -0.821. The molecule has 0 spiro atoms. The third-order valence-corrected chi connectivity index (χ3v) is 2.95. The minimum atomic E-state index is -1.35. The van der Waals surface area contributed by atoms with Crippen LogP contribution in [0.3, 0.4) is 0 Å². The van der Waals surface area contributed by atoms with Gasteiger partial charge in [0.1, 0.15) is 5.60 Å². The molecule has 2 unspecified atom stereocenters. The SMILES string of the molecule is CC(C)CC1(C)OC(=O)NC1(C)C(=O)O. The lowest BCUT2D eigenvalue weighted by Gasteiger charge is -2.35. The first kappa shape index (κ1) is 11.8. The van der Waals surface area contributed by atoms with Gasteiger partial charge in [0.15, 0.2) is 5.54 Å². The smallest absolute Gasteiger partial charge is 0.408 e. The molecule has 1 aliphatic rings. The fraction of sp³-hybridized carbons (Fsp3) is 0.800. The first-order valence-corrected chi connectivity index (χ1v) is 4.96. The summed E-state index contributed by atoms with van der Waals surface area (Å²) in [6.45, 7) is 7.04. The number of nitrogens with one attached hydrogen (secondary N) is 1. The standard InChI is InChI=1S/C10H17NO4/c1-6(2)5-9(3)10(4,7(12)13)11-8(14)15-9/h6H,5H2,1-4H3,(H,11,14)(H,12,13). The highest BCUT2D eigenvalue weighted by Gasteiger charge is 2.59. The second-order valence-corrected chi connectivity index (χ2v) is 4.77. The number of carboxylic acids is 1. The van der Waals surface area contributed by atoms with E-state index in [-0.39, 0.29) is 5.92 Å². The van der Waals surface area contributed by atoms with Crippen LogP contribution in [0.15, 0.2) is 0 Å². The number of hydrogen-bond acceptors (Lipinski definition) is 3. The third-order valence-electron chi connectivity index (χ3n) is 2.95. The van der Waals surface area contributed by atoms with Gasteiger partial charge in [-0.05, 0) is 26.2 Å². The number of carbonyl (C=O) groups excluding carboxylic acids is 1. The number of hydrogen-bond donors (Lipinski definition) is 2. The van der Waals surface area contributed by atoms with E-state index in [1.165, 1.54) is 6.92 Å². The molecule has 5 nitrogen and oxygen atoms in total. The van der Waals surface area contributed by atoms with Gasteiger partial charge in [0.25, 0.3) is 0 Å². The number of carbonyl (C=O) groups is 2. The largest absolute Gasteiger partial charge is 0.479 e. The Morgan fingerprint density at radius 3 is 2.47 bits per heavy atom. The molecule has 15 heavy (non-hydrogen) atoms. The highest BCUT2D eigenvalue weighted by atomic mass is 16.6. The molecular formula is C10H17NO4. The molecule has 0 radical (unpaired) electrons. The van der Waals surface area contributed by atoms with Gasteiger partial charge in [0, 0.05) is 0 Å². The zero-order valence-corrected chi connectivity index (χ0v) is 9.46. The highest BCUT2D eigenvalue weighted by molar-refractivity contribution is 5.88. The van der Waals surface area contributed by atoms with Gasteiger partial charge >= 0.3 is 12.1 Å². The summed E-state index contributed by atoms with van der Waals surface area (Å²) >= 11 is 0. The van der Waals surface area contributed by atoms with Crippen LogP contribution in [0, 0.1) is 5.92 Å². The van der Waals surface area contributed by atoms with Gasteiger partial charge in [-0.3, -0.25) is 0 Å². The molecule has 5 heteroatoms. The van der Waals surface area contributed by atoms with E-state index in [0.717, 1.165) is 0 Å². The molecule has 1 heterocycles. The molecule has 0 bridgehead atoms. The van der Waals surface area contributed by atoms with Gasteiger partial charge < -0.3 is 15.2 Å². The Bertz CT molecular complexity index is 302. The number of alkyl carbamates (subject to hydrolysis) is 1. The van der Waals surface area contributed by atoms with Crippen molar-refractivity contribution >= 4 is 12.1 Å². The Hall–Kier alpha value is -1.26. The van der Waals surface area contributed by atoms with Crippen LogP contribution in [0.1, 0.15) is 34.1 Å². The maximum atomic E-state index is 11.2. The lowest BCUT2D eigenvalue weighted by Crippen LogP contribution is -2.59. The number of aliphatic carboxylic acids is 1. The van der Waals surface area contributed by atoms with E-state index in [9.17, 15) is 9.59 Å². The summed E-state index contributed by atoms with van der Waals surface area (Å²) in [4.78, 5) is 22.3. The summed E-state index contributed by atoms with van der Waals surface area (Å²) < 4.78 is 5.11. The molecule has 0 aromatic carbocycles. The Morgan fingerprint density at radius 2 is 2.07 bits per heavy atom. The molecule has 1 saturated heterocycles. The van der Waals surface area contributed by atoms with Crippen molar-refractivity contribution in [3.63, 3.8) is 0 Å². The first-order chi connectivity index (χ1) is 6.71. The van der Waals surface area contributed by atoms with Crippen molar-refractivity contribution in [3.8, 4) is 0 Å². The maximum Gasteiger partial charge on any atom is 0.408 e. The van der Waals surface area contributed by atoms with Crippen LogP contribution in [0.5, 0.6) is 0 Å². The first-order valence-electron chi connectivity index (χ1n) is 4.96. The molecule has 0 aliphatic carbocycles. The number of carboxylic acid groups (broad SMARTS) is 1. The Labute approximate surface area is 88.8 Å². The number of amides is 1. The Kier molecular flexibility index (Phi) is 2.67. The fourth-order valence-electron chi connectivity index (χ4n) is 1.97. The molecule has 0 aromatic heterocycles. The average Bonchev–Trinajstić information content (AvgIpc) is 2.21. The molecule has 1 fully saturated rings. The topological polar surface area (TPSA) is 75.6 Å². The molecule has 86 valence electrons. The lowest BCUT2D eigenvalue weighted by atomic mass is 9.78. The summed E-state index contributed by atoms with van der Waals surface area (Å²) in [6.07, 6.45) is -0.155. The van der Waals surface area contributed by atoms with E-state index >= 15 is 0 Å². The van der Waals surface area contributed by atoms with Crippen LogP contribution in [-0.4, -0.2) is 28.3 Å². The molecule has 0 aromatic rings. The van der Waals surface area contributed by atoms with Crippen LogP contribution in [0.25, 0.3) is 0 Å². The fourth-order valence-corrected chi connectivity index (χ4v) is 1.97. The van der Waals surface area contributed by atoms with Gasteiger partial charge in [0.2, 0.25) is 0 Å². The van der Waals surface area contributed by atoms with Crippen molar-refractivity contribution in [3.05, 3.63) is 0 Å². The van der Waals surface area contributed by atoms with Crippen molar-refractivity contribution < 1.29 is 19.4 Å². The second-order valence-electron chi connectivity index (χ2n) is 4.77. The second kappa shape index (κ2) is 3.40. The van der Waals surface area contributed by atoms with Crippen molar-refractivity contribution in [1.82, 2.24) is 5.32 Å². The predicted molar refractivity (Wildman–Crippen MR) is 53.5 cm³/mol. The van der Waals surface area contributed by atoms with E-state index in [4.69, 9.17) is 9.84 Å². The van der Waals surface area contributed by atoms with Gasteiger partial charge in [-0.1, -0.05) is 13.8 Å². The molecule has 0 saturated carbocycles. The summed E-state index contributed by atoms with van der Waals surface area (Å²) in [7, 11) is 0. The third kappa shape index (κ3) is 1.78. The van der Waals surface area contributed by atoms with E-state index in [1.54, 1.807) is 6.92 Å². The van der Waals surface area contributed by atoms with E-state index < -0.39 is 23.2 Å². The minimum Gasteiger partial charge on any atom is -0.479 e. The minimum absolute atomic E-state index is 0.251. The summed E-state index contributed by atoms with van der Waals surface area (Å²) in [5.41, 5.74) is -2.35. The van der Waals surface area contributed by atoms with Gasteiger partial charge in [-0.2, -0.15) is 0 Å². The van der Waals surface area contributed by atoms with E-state index in [2.05, 4.69) is 5.32 Å². The quantitative estimate of drug-likeness (QED) is 0.745. The molecule has 1 amide bonds. The molecule has 1 aliphatic heterocycles. The lowest BCUT2D eigenvalue weighted by molar-refractivity contribution is -0.150. The van der Waals surface area contributed by atoms with Gasteiger partial charge in [-0.25, -0.2) is 9.59 Å². The van der Waals surface area contributed by atoms with Crippen molar-refractivity contribution in [1.29, 1.82) is 0 Å². The van der Waals surface area contributed by atoms with Crippen molar-refractivity contribution in [2.75, 3.05) is 0 Å². The van der Waals surface area contributed by atoms with Crippen LogP contribution in [0.4, 0.5) is 4.79 Å². The average molecular weight is 215 g/mol. The number of rotatable bonds is 3. The van der Waals surface area contributed by atoms with Crippen LogP contribution >= 0.6 is 0 Å². The zero-order chi connectivity index (χ0) is 11.9. The van der Waals surface area contributed by atoms with Crippen molar-refractivity contribution in [2.45, 2.75) is 45.3 Å². The monoisotopic (exact) mass is 215 g/mol. The maximum absolute atomic E-state index is 11.2. The van der Waals surface area contributed by atoms with Gasteiger partial charge in [-0.15, -0.1) is 0 Å². The number of cyclic esters (lactones) is 1. The normalized spacial score (nSPS) is 35.1. The van der Waals surface area contributed by atoms with Crippen LogP contribution < -0.4 is 5.32 Å². The van der Waals surface area contributed by atoms with E-state index in [1.807, 2.05) is 13.8 Å². The predicted octanol–water partition coefficient (Wildman–Crippen LogP) is 1.37. The Morgan fingerprint density at radius 1 is 1.53 bits per heavy atom. The zero-order valence-electron chi connectivity index (χ0n) is 9.46. The summed E-state index contributed by atoms with van der Waals surface area (Å²) in [6, 6.07) is 0. The van der Waals surface area contributed by atoms with Crippen LogP contribution in [0.2, 0.25) is 0 Å². The molecule has 1 rings (SSSR count). The van der Waals surface area contributed by atoms with Gasteiger partial charge in [0.05, 0.1) is 0 Å². The summed E-state index contributed by atoms with van der Waals surface area (Å²) in [5, 5.41) is 11.5. The van der Waals surface area contributed by atoms with Crippen molar-refractivity contribution in [2.24, 2.45) is 5.92 Å². The Balaban J connectivity index is 3.04. The molecule has 2 atom stereocenters. The number of ether oxygens (including phenoxy) is 1. The van der Waals surface area contributed by atoms with E-state index in [0.29, 0.717) is 6.42 Å². The molecule has 2 N–H and O–H groups in total.